The Balaban J connectivity index is 2.33. The summed E-state index contributed by atoms with van der Waals surface area (Å²) >= 11 is 0. The minimum Gasteiger partial charge on any atom is -0.496 e. The standard InChI is InChI=1S/C17H21NO2/c1-3-9-15(14-10-5-6-11-16(14)20-2)17(19)18-12-7-4-8-13-18/h3,5-6,9-11H,1,4,7-8,12-13H2,2H3/b15-9+. The molecule has 0 atom stereocenters. The number of methoxy groups -OCH3 is 1. The Morgan fingerprint density at radius 3 is 2.60 bits per heavy atom. The van der Waals surface area contributed by atoms with Crippen LogP contribution in [0.25, 0.3) is 5.57 Å². The zero-order valence-electron chi connectivity index (χ0n) is 12.0. The normalized spacial score (nSPS) is 15.8. The van der Waals surface area contributed by atoms with Crippen LogP contribution in [0.4, 0.5) is 0 Å². The smallest absolute Gasteiger partial charge is 0.254 e. The zero-order chi connectivity index (χ0) is 14.4. The van der Waals surface area contributed by atoms with E-state index in [0.717, 1.165) is 31.5 Å². The molecule has 3 nitrogen and oxygen atoms in total. The quantitative estimate of drug-likeness (QED) is 0.621. The van der Waals surface area contributed by atoms with Crippen LogP contribution in [0.5, 0.6) is 5.75 Å². The van der Waals surface area contributed by atoms with Crippen molar-refractivity contribution in [3.63, 3.8) is 0 Å². The van der Waals surface area contributed by atoms with Gasteiger partial charge in [-0.05, 0) is 31.4 Å². The molecule has 1 aromatic rings. The molecule has 106 valence electrons. The largest absolute Gasteiger partial charge is 0.496 e. The summed E-state index contributed by atoms with van der Waals surface area (Å²) in [5.41, 5.74) is 1.48. The molecule has 2 rings (SSSR count). The van der Waals surface area contributed by atoms with Gasteiger partial charge >= 0.3 is 0 Å². The van der Waals surface area contributed by atoms with Gasteiger partial charge in [0.1, 0.15) is 5.75 Å². The number of carbonyl (C=O) groups excluding carboxylic acids is 1. The lowest BCUT2D eigenvalue weighted by Gasteiger charge is -2.28. The number of allylic oxidation sites excluding steroid dienone is 2. The van der Waals surface area contributed by atoms with E-state index in [1.807, 2.05) is 29.2 Å². The van der Waals surface area contributed by atoms with E-state index in [9.17, 15) is 4.79 Å². The van der Waals surface area contributed by atoms with Crippen LogP contribution in [0.1, 0.15) is 24.8 Å². The van der Waals surface area contributed by atoms with Gasteiger partial charge in [0.15, 0.2) is 0 Å². The van der Waals surface area contributed by atoms with Crippen molar-refractivity contribution in [2.45, 2.75) is 19.3 Å². The number of para-hydroxylation sites is 1. The molecule has 0 saturated carbocycles. The van der Waals surface area contributed by atoms with Gasteiger partial charge in [0.05, 0.1) is 12.7 Å². The van der Waals surface area contributed by atoms with Crippen LogP contribution in [-0.4, -0.2) is 31.0 Å². The first kappa shape index (κ1) is 14.4. The highest BCUT2D eigenvalue weighted by atomic mass is 16.5. The first-order valence-electron chi connectivity index (χ1n) is 7.03. The topological polar surface area (TPSA) is 29.5 Å². The molecule has 0 radical (unpaired) electrons. The van der Waals surface area contributed by atoms with Gasteiger partial charge in [0.2, 0.25) is 0 Å². The summed E-state index contributed by atoms with van der Waals surface area (Å²) in [5, 5.41) is 0. The summed E-state index contributed by atoms with van der Waals surface area (Å²) in [6.45, 7) is 5.39. The van der Waals surface area contributed by atoms with Crippen LogP contribution in [-0.2, 0) is 4.79 Å². The summed E-state index contributed by atoms with van der Waals surface area (Å²) in [7, 11) is 1.62. The van der Waals surface area contributed by atoms with Gasteiger partial charge in [0, 0.05) is 18.7 Å². The van der Waals surface area contributed by atoms with E-state index in [2.05, 4.69) is 6.58 Å². The SMILES string of the molecule is C=C/C=C(/C(=O)N1CCCCC1)c1ccccc1OC. The Hall–Kier alpha value is -2.03. The van der Waals surface area contributed by atoms with Crippen molar-refractivity contribution < 1.29 is 9.53 Å². The van der Waals surface area contributed by atoms with Crippen LogP contribution in [0.15, 0.2) is 43.0 Å². The number of benzene rings is 1. The van der Waals surface area contributed by atoms with E-state index >= 15 is 0 Å². The van der Waals surface area contributed by atoms with Crippen molar-refractivity contribution in [2.75, 3.05) is 20.2 Å². The zero-order valence-corrected chi connectivity index (χ0v) is 12.0. The third kappa shape index (κ3) is 3.10. The lowest BCUT2D eigenvalue weighted by molar-refractivity contribution is -0.125. The second kappa shape index (κ2) is 6.94. The summed E-state index contributed by atoms with van der Waals surface area (Å²) in [4.78, 5) is 14.6. The fourth-order valence-electron chi connectivity index (χ4n) is 2.53. The van der Waals surface area contributed by atoms with Gasteiger partial charge in [0.25, 0.3) is 5.91 Å². The first-order chi connectivity index (χ1) is 9.77. The molecule has 0 unspecified atom stereocenters. The summed E-state index contributed by atoms with van der Waals surface area (Å²) in [5.74, 6) is 0.778. The molecule has 1 fully saturated rings. The van der Waals surface area contributed by atoms with Crippen LogP contribution in [0, 0.1) is 0 Å². The Morgan fingerprint density at radius 1 is 1.25 bits per heavy atom. The number of amides is 1. The van der Waals surface area contributed by atoms with E-state index in [0.29, 0.717) is 11.3 Å². The van der Waals surface area contributed by atoms with Crippen molar-refractivity contribution in [3.05, 3.63) is 48.6 Å². The number of hydrogen-bond acceptors (Lipinski definition) is 2. The van der Waals surface area contributed by atoms with E-state index < -0.39 is 0 Å². The van der Waals surface area contributed by atoms with Gasteiger partial charge in [-0.3, -0.25) is 4.79 Å². The molecule has 3 heteroatoms. The average Bonchev–Trinajstić information content (AvgIpc) is 2.53. The fraction of sp³-hybridized carbons (Fsp3) is 0.353. The van der Waals surface area contributed by atoms with Crippen molar-refractivity contribution in [2.24, 2.45) is 0 Å². The number of carbonyl (C=O) groups is 1. The summed E-state index contributed by atoms with van der Waals surface area (Å²) in [6, 6.07) is 7.60. The number of nitrogens with zero attached hydrogens (tertiary/aromatic N) is 1. The van der Waals surface area contributed by atoms with Crippen molar-refractivity contribution >= 4 is 11.5 Å². The van der Waals surface area contributed by atoms with E-state index in [1.165, 1.54) is 6.42 Å². The van der Waals surface area contributed by atoms with Crippen LogP contribution in [0.3, 0.4) is 0 Å². The molecular weight excluding hydrogens is 250 g/mol. The molecule has 1 heterocycles. The van der Waals surface area contributed by atoms with Crippen molar-refractivity contribution in [1.82, 2.24) is 4.90 Å². The Kier molecular flexibility index (Phi) is 4.99. The Bertz CT molecular complexity index is 513. The predicted octanol–water partition coefficient (Wildman–Crippen LogP) is 3.28. The maximum absolute atomic E-state index is 12.7. The molecule has 1 aliphatic rings. The molecule has 0 bridgehead atoms. The van der Waals surface area contributed by atoms with Crippen LogP contribution in [0.2, 0.25) is 0 Å². The number of rotatable bonds is 4. The lowest BCUT2D eigenvalue weighted by atomic mass is 10.0. The lowest BCUT2D eigenvalue weighted by Crippen LogP contribution is -2.36. The van der Waals surface area contributed by atoms with Gasteiger partial charge in [-0.25, -0.2) is 0 Å². The molecular formula is C17H21NO2. The maximum atomic E-state index is 12.7. The minimum absolute atomic E-state index is 0.0640. The van der Waals surface area contributed by atoms with Gasteiger partial charge in [-0.15, -0.1) is 0 Å². The molecule has 0 aliphatic carbocycles. The first-order valence-corrected chi connectivity index (χ1v) is 7.03. The van der Waals surface area contributed by atoms with Crippen LogP contribution >= 0.6 is 0 Å². The fourth-order valence-corrected chi connectivity index (χ4v) is 2.53. The number of piperidine rings is 1. The third-order valence-electron chi connectivity index (χ3n) is 3.56. The van der Waals surface area contributed by atoms with Crippen molar-refractivity contribution in [3.8, 4) is 5.75 Å². The Morgan fingerprint density at radius 2 is 1.95 bits per heavy atom. The number of ether oxygens (including phenoxy) is 1. The van der Waals surface area contributed by atoms with E-state index in [4.69, 9.17) is 4.74 Å². The molecule has 1 aliphatic heterocycles. The summed E-state index contributed by atoms with van der Waals surface area (Å²) < 4.78 is 5.36. The van der Waals surface area contributed by atoms with Crippen molar-refractivity contribution in [1.29, 1.82) is 0 Å². The molecule has 1 saturated heterocycles. The second-order valence-corrected chi connectivity index (χ2v) is 4.87. The molecule has 1 aromatic carbocycles. The minimum atomic E-state index is 0.0640. The molecule has 0 N–H and O–H groups in total. The Labute approximate surface area is 120 Å². The van der Waals surface area contributed by atoms with E-state index in [1.54, 1.807) is 19.3 Å². The number of likely N-dealkylation sites (tertiary alicyclic amines) is 1. The maximum Gasteiger partial charge on any atom is 0.254 e. The molecule has 0 spiro atoms. The third-order valence-corrected chi connectivity index (χ3v) is 3.56. The van der Waals surface area contributed by atoms with Gasteiger partial charge in [-0.2, -0.15) is 0 Å². The van der Waals surface area contributed by atoms with Gasteiger partial charge in [-0.1, -0.05) is 30.9 Å². The number of hydrogen-bond donors (Lipinski definition) is 0. The average molecular weight is 271 g/mol. The molecule has 20 heavy (non-hydrogen) atoms. The molecule has 0 aromatic heterocycles. The monoisotopic (exact) mass is 271 g/mol. The van der Waals surface area contributed by atoms with Crippen LogP contribution < -0.4 is 4.74 Å². The summed E-state index contributed by atoms with van der Waals surface area (Å²) in [6.07, 6.45) is 6.80. The van der Waals surface area contributed by atoms with Gasteiger partial charge < -0.3 is 9.64 Å². The van der Waals surface area contributed by atoms with E-state index in [-0.39, 0.29) is 5.91 Å². The predicted molar refractivity (Wildman–Crippen MR) is 81.6 cm³/mol. The highest BCUT2D eigenvalue weighted by Crippen LogP contribution is 2.28. The highest BCUT2D eigenvalue weighted by molar-refractivity contribution is 6.20. The molecule has 1 amide bonds. The highest BCUT2D eigenvalue weighted by Gasteiger charge is 2.22. The second-order valence-electron chi connectivity index (χ2n) is 4.87.